The van der Waals surface area contributed by atoms with Crippen molar-refractivity contribution in [3.05, 3.63) is 33.5 Å². The predicted molar refractivity (Wildman–Crippen MR) is 52.2 cm³/mol. The van der Waals surface area contributed by atoms with E-state index in [-0.39, 0.29) is 12.1 Å². The maximum Gasteiger partial charge on any atom is 0.180 e. The van der Waals surface area contributed by atoms with Crippen LogP contribution in [0.5, 0.6) is 0 Å². The molecular formula is C9H9BrFNO. The van der Waals surface area contributed by atoms with E-state index in [9.17, 15) is 9.18 Å². The molecular weight excluding hydrogens is 237 g/mol. The number of benzene rings is 1. The van der Waals surface area contributed by atoms with E-state index in [4.69, 9.17) is 5.73 Å². The maximum absolute atomic E-state index is 13.2. The van der Waals surface area contributed by atoms with E-state index < -0.39 is 11.6 Å². The zero-order valence-corrected chi connectivity index (χ0v) is 8.69. The van der Waals surface area contributed by atoms with Crippen LogP contribution in [0.2, 0.25) is 0 Å². The van der Waals surface area contributed by atoms with Gasteiger partial charge in [-0.2, -0.15) is 0 Å². The number of hydrogen-bond donors (Lipinski definition) is 1. The van der Waals surface area contributed by atoms with Crippen molar-refractivity contribution in [1.29, 1.82) is 0 Å². The van der Waals surface area contributed by atoms with Gasteiger partial charge in [-0.3, -0.25) is 4.79 Å². The summed E-state index contributed by atoms with van der Waals surface area (Å²) in [6.45, 7) is 1.61. The van der Waals surface area contributed by atoms with Crippen LogP contribution in [0, 0.1) is 12.7 Å². The summed E-state index contributed by atoms with van der Waals surface area (Å²) < 4.78 is 13.7. The predicted octanol–water partition coefficient (Wildman–Crippen LogP) is 2.04. The second kappa shape index (κ2) is 3.98. The fourth-order valence-electron chi connectivity index (χ4n) is 1.01. The van der Waals surface area contributed by atoms with Crippen molar-refractivity contribution in [2.45, 2.75) is 6.92 Å². The molecule has 0 atom stereocenters. The SMILES string of the molecule is Cc1ccc(F)c(C(=O)CN)c1Br. The smallest absolute Gasteiger partial charge is 0.180 e. The molecule has 0 saturated heterocycles. The van der Waals surface area contributed by atoms with Crippen LogP contribution in [0.4, 0.5) is 4.39 Å². The molecule has 0 aliphatic rings. The van der Waals surface area contributed by atoms with E-state index in [0.717, 1.165) is 5.56 Å². The van der Waals surface area contributed by atoms with Crippen LogP contribution in [0.1, 0.15) is 15.9 Å². The van der Waals surface area contributed by atoms with Crippen LogP contribution in [0.25, 0.3) is 0 Å². The van der Waals surface area contributed by atoms with E-state index in [1.807, 2.05) is 0 Å². The Balaban J connectivity index is 3.33. The summed E-state index contributed by atoms with van der Waals surface area (Å²) >= 11 is 3.16. The van der Waals surface area contributed by atoms with Crippen LogP contribution >= 0.6 is 15.9 Å². The molecule has 0 bridgehead atoms. The molecule has 2 N–H and O–H groups in total. The molecule has 0 heterocycles. The van der Waals surface area contributed by atoms with Crippen LogP contribution in [-0.4, -0.2) is 12.3 Å². The number of aryl methyl sites for hydroxylation is 1. The average molecular weight is 246 g/mol. The van der Waals surface area contributed by atoms with Gasteiger partial charge in [0.2, 0.25) is 0 Å². The Morgan fingerprint density at radius 2 is 2.23 bits per heavy atom. The van der Waals surface area contributed by atoms with Crippen molar-refractivity contribution in [2.24, 2.45) is 5.73 Å². The van der Waals surface area contributed by atoms with Crippen molar-refractivity contribution in [2.75, 3.05) is 6.54 Å². The third kappa shape index (κ3) is 1.95. The number of Topliss-reactive ketones (excluding diaryl/α,β-unsaturated/α-hetero) is 1. The first kappa shape index (κ1) is 10.3. The first-order valence-electron chi connectivity index (χ1n) is 3.75. The quantitative estimate of drug-likeness (QED) is 0.811. The van der Waals surface area contributed by atoms with Gasteiger partial charge < -0.3 is 5.73 Å². The molecule has 70 valence electrons. The molecule has 0 spiro atoms. The summed E-state index contributed by atoms with van der Waals surface area (Å²) in [4.78, 5) is 11.2. The Morgan fingerprint density at radius 1 is 1.62 bits per heavy atom. The monoisotopic (exact) mass is 245 g/mol. The molecule has 0 aromatic heterocycles. The minimum Gasteiger partial charge on any atom is -0.324 e. The van der Waals surface area contributed by atoms with Crippen LogP contribution in [0.15, 0.2) is 16.6 Å². The van der Waals surface area contributed by atoms with Crippen molar-refractivity contribution in [3.63, 3.8) is 0 Å². The van der Waals surface area contributed by atoms with E-state index in [1.165, 1.54) is 6.07 Å². The second-order valence-electron chi connectivity index (χ2n) is 2.68. The standard InChI is InChI=1S/C9H9BrFNO/c1-5-2-3-6(11)8(9(5)10)7(13)4-12/h2-3H,4,12H2,1H3. The van der Waals surface area contributed by atoms with Gasteiger partial charge >= 0.3 is 0 Å². The Kier molecular flexibility index (Phi) is 3.17. The zero-order chi connectivity index (χ0) is 10.0. The lowest BCUT2D eigenvalue weighted by Crippen LogP contribution is -2.16. The van der Waals surface area contributed by atoms with E-state index in [2.05, 4.69) is 15.9 Å². The van der Waals surface area contributed by atoms with Gasteiger partial charge in [0.05, 0.1) is 12.1 Å². The molecule has 1 aromatic rings. The van der Waals surface area contributed by atoms with Gasteiger partial charge in [-0.05, 0) is 34.5 Å². The highest BCUT2D eigenvalue weighted by molar-refractivity contribution is 9.10. The summed E-state index contributed by atoms with van der Waals surface area (Å²) in [6, 6.07) is 2.87. The maximum atomic E-state index is 13.2. The first-order chi connectivity index (χ1) is 6.07. The molecule has 2 nitrogen and oxygen atoms in total. The summed E-state index contributed by atoms with van der Waals surface area (Å²) in [5, 5.41) is 0. The van der Waals surface area contributed by atoms with Gasteiger partial charge in [-0.1, -0.05) is 6.07 Å². The fraction of sp³-hybridized carbons (Fsp3) is 0.222. The molecule has 1 aromatic carbocycles. The fourth-order valence-corrected chi connectivity index (χ4v) is 1.56. The van der Waals surface area contributed by atoms with Crippen LogP contribution < -0.4 is 5.73 Å². The third-order valence-corrected chi connectivity index (χ3v) is 2.77. The Bertz CT molecular complexity index is 352. The molecule has 0 fully saturated rings. The number of rotatable bonds is 2. The van der Waals surface area contributed by atoms with Crippen molar-refractivity contribution < 1.29 is 9.18 Å². The summed E-state index contributed by atoms with van der Waals surface area (Å²) in [5.41, 5.74) is 6.02. The van der Waals surface area contributed by atoms with Crippen LogP contribution in [-0.2, 0) is 0 Å². The number of nitrogens with two attached hydrogens (primary N) is 1. The van der Waals surface area contributed by atoms with Crippen molar-refractivity contribution >= 4 is 21.7 Å². The topological polar surface area (TPSA) is 43.1 Å². The summed E-state index contributed by atoms with van der Waals surface area (Å²) in [7, 11) is 0. The second-order valence-corrected chi connectivity index (χ2v) is 3.47. The number of carbonyl (C=O) groups excluding carboxylic acids is 1. The number of carbonyl (C=O) groups is 1. The van der Waals surface area contributed by atoms with E-state index in [1.54, 1.807) is 13.0 Å². The highest BCUT2D eigenvalue weighted by atomic mass is 79.9. The molecule has 4 heteroatoms. The Hall–Kier alpha value is -0.740. The lowest BCUT2D eigenvalue weighted by atomic mass is 10.1. The molecule has 0 aliphatic carbocycles. The average Bonchev–Trinajstić information content (AvgIpc) is 2.12. The Labute approximate surface area is 84.1 Å². The molecule has 0 radical (unpaired) electrons. The minimum absolute atomic E-state index is 0.0440. The molecule has 0 unspecified atom stereocenters. The molecule has 0 amide bonds. The summed E-state index contributed by atoms with van der Waals surface area (Å²) in [6.07, 6.45) is 0. The van der Waals surface area contributed by atoms with Gasteiger partial charge in [-0.25, -0.2) is 4.39 Å². The molecule has 13 heavy (non-hydrogen) atoms. The number of halogens is 2. The lowest BCUT2D eigenvalue weighted by molar-refractivity contribution is 0.0996. The third-order valence-electron chi connectivity index (χ3n) is 1.75. The van der Waals surface area contributed by atoms with Gasteiger partial charge in [0.15, 0.2) is 5.78 Å². The van der Waals surface area contributed by atoms with Gasteiger partial charge in [0, 0.05) is 4.47 Å². The van der Waals surface area contributed by atoms with Crippen molar-refractivity contribution in [1.82, 2.24) is 0 Å². The normalized spacial score (nSPS) is 10.2. The summed E-state index contributed by atoms with van der Waals surface area (Å²) in [5.74, 6) is -0.930. The zero-order valence-electron chi connectivity index (χ0n) is 7.10. The van der Waals surface area contributed by atoms with E-state index in [0.29, 0.717) is 4.47 Å². The number of ketones is 1. The molecule has 1 rings (SSSR count). The first-order valence-corrected chi connectivity index (χ1v) is 4.55. The van der Waals surface area contributed by atoms with Gasteiger partial charge in [0.1, 0.15) is 5.82 Å². The largest absolute Gasteiger partial charge is 0.324 e. The molecule has 0 aliphatic heterocycles. The van der Waals surface area contributed by atoms with E-state index >= 15 is 0 Å². The highest BCUT2D eigenvalue weighted by Crippen LogP contribution is 2.23. The molecule has 0 saturated carbocycles. The highest BCUT2D eigenvalue weighted by Gasteiger charge is 2.15. The lowest BCUT2D eigenvalue weighted by Gasteiger charge is -2.05. The Morgan fingerprint density at radius 3 is 2.77 bits per heavy atom. The number of hydrogen-bond acceptors (Lipinski definition) is 2. The van der Waals surface area contributed by atoms with Gasteiger partial charge in [-0.15, -0.1) is 0 Å². The van der Waals surface area contributed by atoms with Crippen LogP contribution in [0.3, 0.4) is 0 Å². The van der Waals surface area contributed by atoms with Crippen molar-refractivity contribution in [3.8, 4) is 0 Å². The minimum atomic E-state index is -0.534. The van der Waals surface area contributed by atoms with Gasteiger partial charge in [0.25, 0.3) is 0 Å².